The van der Waals surface area contributed by atoms with Gasteiger partial charge in [-0.3, -0.25) is 4.79 Å². The van der Waals surface area contributed by atoms with E-state index < -0.39 is 0 Å². The fourth-order valence-corrected chi connectivity index (χ4v) is 3.02. The molecule has 0 saturated carbocycles. The largest absolute Gasteiger partial charge is 0.365 e. The molecule has 6 heteroatoms. The summed E-state index contributed by atoms with van der Waals surface area (Å²) in [6.45, 7) is 1.84. The van der Waals surface area contributed by atoms with E-state index in [1.54, 1.807) is 24.3 Å². The Morgan fingerprint density at radius 1 is 1.25 bits per heavy atom. The highest BCUT2D eigenvalue weighted by molar-refractivity contribution is 6.33. The molecule has 126 valence electrons. The van der Waals surface area contributed by atoms with Gasteiger partial charge < -0.3 is 10.2 Å². The van der Waals surface area contributed by atoms with Gasteiger partial charge >= 0.3 is 0 Å². The molecule has 1 aromatic heterocycles. The molecule has 1 aliphatic rings. The predicted octanol–water partition coefficient (Wildman–Crippen LogP) is 4.11. The maximum absolute atomic E-state index is 13.6. The Bertz CT molecular complexity index is 732. The van der Waals surface area contributed by atoms with Crippen molar-refractivity contribution in [2.75, 3.05) is 18.4 Å². The van der Waals surface area contributed by atoms with E-state index in [1.807, 2.05) is 4.90 Å². The van der Waals surface area contributed by atoms with Gasteiger partial charge in [0.15, 0.2) is 0 Å². The zero-order valence-electron chi connectivity index (χ0n) is 13.3. The van der Waals surface area contributed by atoms with Crippen molar-refractivity contribution >= 4 is 23.3 Å². The summed E-state index contributed by atoms with van der Waals surface area (Å²) in [5.41, 5.74) is 1.02. The van der Waals surface area contributed by atoms with Crippen LogP contribution in [0, 0.1) is 5.82 Å². The standard InChI is InChI=1S/C18H19ClFN3O/c19-15-10-14(18(24)23-8-4-1-5-9-23)12-22-17(15)21-11-13-6-2-3-7-16(13)20/h2-3,6-7,10,12H,1,4-5,8-9,11H2,(H,21,22). The number of aromatic nitrogens is 1. The highest BCUT2D eigenvalue weighted by Crippen LogP contribution is 2.23. The fraction of sp³-hybridized carbons (Fsp3) is 0.333. The Morgan fingerprint density at radius 2 is 2.00 bits per heavy atom. The van der Waals surface area contributed by atoms with E-state index in [-0.39, 0.29) is 18.3 Å². The van der Waals surface area contributed by atoms with Crippen molar-refractivity contribution < 1.29 is 9.18 Å². The van der Waals surface area contributed by atoms with Crippen molar-refractivity contribution in [3.8, 4) is 0 Å². The van der Waals surface area contributed by atoms with Gasteiger partial charge in [0.05, 0.1) is 10.6 Å². The van der Waals surface area contributed by atoms with Gasteiger partial charge in [0.2, 0.25) is 0 Å². The summed E-state index contributed by atoms with van der Waals surface area (Å²) >= 11 is 6.23. The number of halogens is 2. The van der Waals surface area contributed by atoms with E-state index >= 15 is 0 Å². The van der Waals surface area contributed by atoms with Gasteiger partial charge in [0, 0.05) is 31.4 Å². The van der Waals surface area contributed by atoms with Crippen LogP contribution in [0.15, 0.2) is 36.5 Å². The Kier molecular flexibility index (Phi) is 5.30. The minimum absolute atomic E-state index is 0.0373. The number of benzene rings is 1. The molecule has 0 radical (unpaired) electrons. The molecule has 2 heterocycles. The molecule has 1 aliphatic heterocycles. The Hall–Kier alpha value is -2.14. The first-order valence-electron chi connectivity index (χ1n) is 8.07. The van der Waals surface area contributed by atoms with Crippen LogP contribution in [0.25, 0.3) is 0 Å². The summed E-state index contributed by atoms with van der Waals surface area (Å²) in [5.74, 6) is 0.123. The van der Waals surface area contributed by atoms with Crippen LogP contribution in [0.5, 0.6) is 0 Å². The lowest BCUT2D eigenvalue weighted by Gasteiger charge is -2.26. The van der Waals surface area contributed by atoms with Crippen LogP contribution in [0.1, 0.15) is 35.2 Å². The van der Waals surface area contributed by atoms with Crippen LogP contribution >= 0.6 is 11.6 Å². The first kappa shape index (κ1) is 16.7. The molecule has 0 unspecified atom stereocenters. The number of carbonyl (C=O) groups is 1. The van der Waals surface area contributed by atoms with Crippen LogP contribution in [-0.4, -0.2) is 28.9 Å². The van der Waals surface area contributed by atoms with Crippen molar-refractivity contribution in [2.24, 2.45) is 0 Å². The van der Waals surface area contributed by atoms with E-state index in [9.17, 15) is 9.18 Å². The Labute approximate surface area is 145 Å². The van der Waals surface area contributed by atoms with Gasteiger partial charge in [0.1, 0.15) is 11.6 Å². The maximum Gasteiger partial charge on any atom is 0.255 e. The number of nitrogens with one attached hydrogen (secondary N) is 1. The molecule has 0 aliphatic carbocycles. The fourth-order valence-electron chi connectivity index (χ4n) is 2.79. The SMILES string of the molecule is O=C(c1cnc(NCc2ccccc2F)c(Cl)c1)N1CCCCC1. The first-order valence-corrected chi connectivity index (χ1v) is 8.45. The minimum Gasteiger partial charge on any atom is -0.365 e. The third-order valence-electron chi connectivity index (χ3n) is 4.14. The molecule has 1 amide bonds. The Morgan fingerprint density at radius 3 is 2.71 bits per heavy atom. The number of hydrogen-bond donors (Lipinski definition) is 1. The average Bonchev–Trinajstić information content (AvgIpc) is 2.62. The molecule has 3 rings (SSSR count). The molecule has 4 nitrogen and oxygen atoms in total. The second-order valence-corrected chi connectivity index (χ2v) is 6.26. The number of pyridine rings is 1. The molecular weight excluding hydrogens is 329 g/mol. The predicted molar refractivity (Wildman–Crippen MR) is 92.7 cm³/mol. The molecule has 1 aromatic carbocycles. The van der Waals surface area contributed by atoms with Gasteiger partial charge in [-0.25, -0.2) is 9.37 Å². The number of hydrogen-bond acceptors (Lipinski definition) is 3. The number of anilines is 1. The number of amides is 1. The third-order valence-corrected chi connectivity index (χ3v) is 4.42. The van der Waals surface area contributed by atoms with Crippen molar-refractivity contribution in [3.63, 3.8) is 0 Å². The lowest BCUT2D eigenvalue weighted by molar-refractivity contribution is 0.0724. The summed E-state index contributed by atoms with van der Waals surface area (Å²) in [5, 5.41) is 3.36. The zero-order chi connectivity index (χ0) is 16.9. The minimum atomic E-state index is -0.280. The second-order valence-electron chi connectivity index (χ2n) is 5.85. The Balaban J connectivity index is 1.68. The van der Waals surface area contributed by atoms with E-state index in [2.05, 4.69) is 10.3 Å². The maximum atomic E-state index is 13.6. The second kappa shape index (κ2) is 7.62. The molecular formula is C18H19ClFN3O. The normalized spacial score (nSPS) is 14.5. The first-order chi connectivity index (χ1) is 11.6. The molecule has 0 bridgehead atoms. The molecule has 24 heavy (non-hydrogen) atoms. The van der Waals surface area contributed by atoms with E-state index in [0.29, 0.717) is 22.0 Å². The quantitative estimate of drug-likeness (QED) is 0.905. The molecule has 0 spiro atoms. The number of nitrogens with zero attached hydrogens (tertiary/aromatic N) is 2. The summed E-state index contributed by atoms with van der Waals surface area (Å²) in [6, 6.07) is 8.15. The molecule has 0 atom stereocenters. The topological polar surface area (TPSA) is 45.2 Å². The number of piperidine rings is 1. The molecule has 2 aromatic rings. The molecule has 1 fully saturated rings. The van der Waals surface area contributed by atoms with Gasteiger partial charge in [-0.2, -0.15) is 0 Å². The van der Waals surface area contributed by atoms with Crippen LogP contribution in [0.3, 0.4) is 0 Å². The third kappa shape index (κ3) is 3.85. The highest BCUT2D eigenvalue weighted by atomic mass is 35.5. The summed E-state index contributed by atoms with van der Waals surface area (Å²) < 4.78 is 13.6. The smallest absolute Gasteiger partial charge is 0.255 e. The number of rotatable bonds is 4. The van der Waals surface area contributed by atoms with Crippen molar-refractivity contribution in [2.45, 2.75) is 25.8 Å². The number of likely N-dealkylation sites (tertiary alicyclic amines) is 1. The van der Waals surface area contributed by atoms with Crippen LogP contribution in [0.4, 0.5) is 10.2 Å². The van der Waals surface area contributed by atoms with Crippen LogP contribution < -0.4 is 5.32 Å². The summed E-state index contributed by atoms with van der Waals surface area (Å²) in [7, 11) is 0. The summed E-state index contributed by atoms with van der Waals surface area (Å²) in [6.07, 6.45) is 4.76. The van der Waals surface area contributed by atoms with Gasteiger partial charge in [0.25, 0.3) is 5.91 Å². The molecule has 1 N–H and O–H groups in total. The van der Waals surface area contributed by atoms with Crippen molar-refractivity contribution in [1.29, 1.82) is 0 Å². The summed E-state index contributed by atoms with van der Waals surface area (Å²) in [4.78, 5) is 18.5. The van der Waals surface area contributed by atoms with Crippen molar-refractivity contribution in [1.82, 2.24) is 9.88 Å². The lowest BCUT2D eigenvalue weighted by atomic mass is 10.1. The van der Waals surface area contributed by atoms with Gasteiger partial charge in [-0.1, -0.05) is 29.8 Å². The van der Waals surface area contributed by atoms with Crippen molar-refractivity contribution in [3.05, 3.63) is 58.5 Å². The monoisotopic (exact) mass is 347 g/mol. The van der Waals surface area contributed by atoms with Crippen LogP contribution in [-0.2, 0) is 6.54 Å². The number of carbonyl (C=O) groups excluding carboxylic acids is 1. The van der Waals surface area contributed by atoms with Gasteiger partial charge in [-0.05, 0) is 31.4 Å². The zero-order valence-corrected chi connectivity index (χ0v) is 14.0. The average molecular weight is 348 g/mol. The van der Waals surface area contributed by atoms with Gasteiger partial charge in [-0.15, -0.1) is 0 Å². The highest BCUT2D eigenvalue weighted by Gasteiger charge is 2.19. The van der Waals surface area contributed by atoms with E-state index in [0.717, 1.165) is 25.9 Å². The van der Waals surface area contributed by atoms with E-state index in [4.69, 9.17) is 11.6 Å². The van der Waals surface area contributed by atoms with E-state index in [1.165, 1.54) is 18.7 Å². The molecule has 1 saturated heterocycles. The lowest BCUT2D eigenvalue weighted by Crippen LogP contribution is -2.35. The van der Waals surface area contributed by atoms with Crippen LogP contribution in [0.2, 0.25) is 5.02 Å².